The monoisotopic (exact) mass is 418 g/mol. The van der Waals surface area contributed by atoms with Crippen LogP contribution in [0.15, 0.2) is 70.3 Å². The van der Waals surface area contributed by atoms with Gasteiger partial charge in [-0.05, 0) is 12.1 Å². The fourth-order valence-electron chi connectivity index (χ4n) is 3.57. The predicted molar refractivity (Wildman–Crippen MR) is 118 cm³/mol. The molecule has 4 aromatic rings. The van der Waals surface area contributed by atoms with Crippen LogP contribution in [0.5, 0.6) is 0 Å². The van der Waals surface area contributed by atoms with Gasteiger partial charge in [-0.25, -0.2) is 4.98 Å². The molecule has 1 fully saturated rings. The number of para-hydroxylation sites is 1. The highest BCUT2D eigenvalue weighted by atomic mass is 32.2. The number of fused-ring (bicyclic) bond motifs is 1. The quantitative estimate of drug-likeness (QED) is 0.431. The largest absolute Gasteiger partial charge is 0.411 e. The number of thioether (sulfide) groups is 1. The molecular formula is C23H22N4O2S. The van der Waals surface area contributed by atoms with Gasteiger partial charge in [0.1, 0.15) is 0 Å². The molecule has 3 heterocycles. The van der Waals surface area contributed by atoms with Crippen LogP contribution in [0, 0.1) is 0 Å². The standard InChI is InChI=1S/C23H22N4O2S/c1-2-6-17(7-3-1)21-16-19(18-8-4-5-9-20(18)24-21)22-25-26-23(29-22)30-15-12-27-10-13-28-14-11-27/h1-9,16H,10-15H2. The fraction of sp³-hybridized carbons (Fsp3) is 0.261. The predicted octanol–water partition coefficient (Wildman–Crippen LogP) is 4.38. The van der Waals surface area contributed by atoms with Gasteiger partial charge in [-0.3, -0.25) is 4.90 Å². The minimum atomic E-state index is 0.527. The first-order chi connectivity index (χ1) is 14.9. The zero-order chi connectivity index (χ0) is 20.2. The fourth-order valence-corrected chi connectivity index (χ4v) is 4.33. The number of morpholine rings is 1. The van der Waals surface area contributed by atoms with E-state index in [2.05, 4.69) is 27.2 Å². The van der Waals surface area contributed by atoms with Crippen LogP contribution in [0.3, 0.4) is 0 Å². The summed E-state index contributed by atoms with van der Waals surface area (Å²) in [5.41, 5.74) is 3.77. The summed E-state index contributed by atoms with van der Waals surface area (Å²) in [5, 5.41) is 10.2. The molecule has 0 N–H and O–H groups in total. The lowest BCUT2D eigenvalue weighted by atomic mass is 10.0. The number of hydrogen-bond donors (Lipinski definition) is 0. The van der Waals surface area contributed by atoms with Gasteiger partial charge in [-0.15, -0.1) is 10.2 Å². The maximum absolute atomic E-state index is 6.03. The van der Waals surface area contributed by atoms with E-state index in [0.717, 1.165) is 66.3 Å². The highest BCUT2D eigenvalue weighted by Gasteiger charge is 2.16. The Balaban J connectivity index is 1.40. The van der Waals surface area contributed by atoms with Crippen LogP contribution in [0.2, 0.25) is 0 Å². The van der Waals surface area contributed by atoms with Crippen molar-refractivity contribution in [3.05, 3.63) is 60.7 Å². The highest BCUT2D eigenvalue weighted by molar-refractivity contribution is 7.99. The Hall–Kier alpha value is -2.74. The van der Waals surface area contributed by atoms with Crippen molar-refractivity contribution in [3.8, 4) is 22.7 Å². The number of rotatable bonds is 6. The second kappa shape index (κ2) is 8.95. The zero-order valence-corrected chi connectivity index (χ0v) is 17.3. The van der Waals surface area contributed by atoms with Gasteiger partial charge in [0.15, 0.2) is 0 Å². The summed E-state index contributed by atoms with van der Waals surface area (Å²) in [5.74, 6) is 1.44. The summed E-state index contributed by atoms with van der Waals surface area (Å²) in [7, 11) is 0. The van der Waals surface area contributed by atoms with Crippen LogP contribution in [-0.2, 0) is 4.74 Å². The molecule has 1 aliphatic rings. The Labute approximate surface area is 179 Å². The minimum Gasteiger partial charge on any atom is -0.411 e. The third kappa shape index (κ3) is 4.23. The van der Waals surface area contributed by atoms with Crippen LogP contribution in [0.25, 0.3) is 33.6 Å². The third-order valence-corrected chi connectivity index (χ3v) is 5.96. The molecule has 152 valence electrons. The molecule has 1 saturated heterocycles. The van der Waals surface area contributed by atoms with Crippen molar-refractivity contribution >= 4 is 22.7 Å². The van der Waals surface area contributed by atoms with Crippen LogP contribution in [-0.4, -0.2) is 58.7 Å². The lowest BCUT2D eigenvalue weighted by molar-refractivity contribution is 0.0410. The van der Waals surface area contributed by atoms with Crippen molar-refractivity contribution in [1.29, 1.82) is 0 Å². The molecule has 0 unspecified atom stereocenters. The van der Waals surface area contributed by atoms with E-state index in [0.29, 0.717) is 11.1 Å². The van der Waals surface area contributed by atoms with E-state index in [1.54, 1.807) is 11.8 Å². The van der Waals surface area contributed by atoms with Gasteiger partial charge >= 0.3 is 0 Å². The maximum atomic E-state index is 6.03. The van der Waals surface area contributed by atoms with Gasteiger partial charge in [0.25, 0.3) is 5.22 Å². The van der Waals surface area contributed by atoms with Gasteiger partial charge in [-0.1, -0.05) is 60.3 Å². The molecule has 0 amide bonds. The average molecular weight is 419 g/mol. The van der Waals surface area contributed by atoms with E-state index in [1.807, 2.05) is 48.5 Å². The first-order valence-corrected chi connectivity index (χ1v) is 11.1. The van der Waals surface area contributed by atoms with Gasteiger partial charge in [-0.2, -0.15) is 0 Å². The highest BCUT2D eigenvalue weighted by Crippen LogP contribution is 2.32. The van der Waals surface area contributed by atoms with E-state index in [-0.39, 0.29) is 0 Å². The number of nitrogens with zero attached hydrogens (tertiary/aromatic N) is 4. The molecule has 6 nitrogen and oxygen atoms in total. The first-order valence-electron chi connectivity index (χ1n) is 10.1. The summed E-state index contributed by atoms with van der Waals surface area (Å²) in [4.78, 5) is 7.23. The van der Waals surface area contributed by atoms with E-state index in [1.165, 1.54) is 0 Å². The lowest BCUT2D eigenvalue weighted by Gasteiger charge is -2.25. The number of ether oxygens (including phenoxy) is 1. The number of aromatic nitrogens is 3. The Morgan fingerprint density at radius 1 is 0.933 bits per heavy atom. The molecule has 0 radical (unpaired) electrons. The Kier molecular flexibility index (Phi) is 5.74. The molecule has 0 atom stereocenters. The zero-order valence-electron chi connectivity index (χ0n) is 16.5. The third-order valence-electron chi connectivity index (χ3n) is 5.16. The second-order valence-electron chi connectivity index (χ2n) is 7.11. The molecule has 0 bridgehead atoms. The molecule has 30 heavy (non-hydrogen) atoms. The number of pyridine rings is 1. The molecule has 2 aromatic carbocycles. The van der Waals surface area contributed by atoms with Gasteiger partial charge in [0.05, 0.1) is 30.0 Å². The van der Waals surface area contributed by atoms with Crippen LogP contribution < -0.4 is 0 Å². The molecule has 0 spiro atoms. The molecule has 1 aliphatic heterocycles. The normalized spacial score (nSPS) is 14.9. The average Bonchev–Trinajstić information content (AvgIpc) is 3.28. The molecule has 5 rings (SSSR count). The van der Waals surface area contributed by atoms with Gasteiger partial charge < -0.3 is 9.15 Å². The van der Waals surface area contributed by atoms with E-state index < -0.39 is 0 Å². The molecule has 2 aromatic heterocycles. The summed E-state index contributed by atoms with van der Waals surface area (Å²) in [6.45, 7) is 4.59. The van der Waals surface area contributed by atoms with E-state index >= 15 is 0 Å². The van der Waals surface area contributed by atoms with Crippen molar-refractivity contribution in [2.75, 3.05) is 38.6 Å². The SMILES string of the molecule is c1ccc(-c2cc(-c3nnc(SCCN4CCOCC4)o3)c3ccccc3n2)cc1. The maximum Gasteiger partial charge on any atom is 0.276 e. The molecular weight excluding hydrogens is 396 g/mol. The van der Waals surface area contributed by atoms with Crippen molar-refractivity contribution in [1.82, 2.24) is 20.1 Å². The van der Waals surface area contributed by atoms with Crippen LogP contribution >= 0.6 is 11.8 Å². The van der Waals surface area contributed by atoms with Gasteiger partial charge in [0, 0.05) is 36.3 Å². The first kappa shape index (κ1) is 19.2. The Bertz CT molecular complexity index is 1130. The topological polar surface area (TPSA) is 64.3 Å². The van der Waals surface area contributed by atoms with Crippen molar-refractivity contribution in [2.45, 2.75) is 5.22 Å². The van der Waals surface area contributed by atoms with Crippen LogP contribution in [0.4, 0.5) is 0 Å². The van der Waals surface area contributed by atoms with Crippen molar-refractivity contribution in [3.63, 3.8) is 0 Å². The van der Waals surface area contributed by atoms with Crippen LogP contribution in [0.1, 0.15) is 0 Å². The molecule has 0 aliphatic carbocycles. The van der Waals surface area contributed by atoms with Gasteiger partial charge in [0.2, 0.25) is 5.89 Å². The summed E-state index contributed by atoms with van der Waals surface area (Å²) < 4.78 is 11.4. The second-order valence-corrected chi connectivity index (χ2v) is 8.16. The summed E-state index contributed by atoms with van der Waals surface area (Å²) in [6, 6.07) is 20.2. The van der Waals surface area contributed by atoms with E-state index in [9.17, 15) is 0 Å². The Morgan fingerprint density at radius 2 is 1.73 bits per heavy atom. The summed E-state index contributed by atoms with van der Waals surface area (Å²) in [6.07, 6.45) is 0. The minimum absolute atomic E-state index is 0.527. The Morgan fingerprint density at radius 3 is 2.60 bits per heavy atom. The summed E-state index contributed by atoms with van der Waals surface area (Å²) >= 11 is 1.60. The van der Waals surface area contributed by atoms with Crippen molar-refractivity contribution in [2.24, 2.45) is 0 Å². The number of hydrogen-bond acceptors (Lipinski definition) is 7. The molecule has 0 saturated carbocycles. The molecule has 7 heteroatoms. The van der Waals surface area contributed by atoms with E-state index in [4.69, 9.17) is 14.1 Å². The number of benzene rings is 2. The smallest absolute Gasteiger partial charge is 0.276 e. The van der Waals surface area contributed by atoms with Crippen molar-refractivity contribution < 1.29 is 9.15 Å². The lowest BCUT2D eigenvalue weighted by Crippen LogP contribution is -2.37.